The standard InChI is InChI=1S/C26H30N4O3/c1-18-4-9-24-22(16-18)23(26(32)27-10-3-11-30-12-14-33-15-13-30)17-25(29-24)20-5-7-21(8-6-20)28-19(2)31/h4-9,16-17H,3,10-15H2,1-2H3,(H,27,32)(H,28,31). The molecule has 0 radical (unpaired) electrons. The van der Waals surface area contributed by atoms with Gasteiger partial charge in [0.15, 0.2) is 0 Å². The molecule has 2 amide bonds. The van der Waals surface area contributed by atoms with Crippen LogP contribution in [-0.4, -0.2) is 61.1 Å². The maximum Gasteiger partial charge on any atom is 0.252 e. The van der Waals surface area contributed by atoms with Crippen molar-refractivity contribution in [2.24, 2.45) is 0 Å². The summed E-state index contributed by atoms with van der Waals surface area (Å²) in [5.41, 5.74) is 4.81. The highest BCUT2D eigenvalue weighted by Gasteiger charge is 2.15. The lowest BCUT2D eigenvalue weighted by molar-refractivity contribution is -0.114. The van der Waals surface area contributed by atoms with E-state index >= 15 is 0 Å². The molecule has 0 bridgehead atoms. The highest BCUT2D eigenvalue weighted by atomic mass is 16.5. The zero-order valence-corrected chi connectivity index (χ0v) is 19.2. The van der Waals surface area contributed by atoms with Crippen molar-refractivity contribution in [1.82, 2.24) is 15.2 Å². The number of fused-ring (bicyclic) bond motifs is 1. The first-order valence-corrected chi connectivity index (χ1v) is 11.4. The molecule has 2 N–H and O–H groups in total. The molecular weight excluding hydrogens is 416 g/mol. The fourth-order valence-electron chi connectivity index (χ4n) is 4.03. The zero-order chi connectivity index (χ0) is 23.2. The Hall–Kier alpha value is -3.29. The molecule has 7 heteroatoms. The molecule has 0 atom stereocenters. The number of ether oxygens (including phenoxy) is 1. The van der Waals surface area contributed by atoms with E-state index in [9.17, 15) is 9.59 Å². The smallest absolute Gasteiger partial charge is 0.252 e. The van der Waals surface area contributed by atoms with Gasteiger partial charge in [-0.05, 0) is 50.2 Å². The summed E-state index contributed by atoms with van der Waals surface area (Å²) in [6.07, 6.45) is 0.894. The van der Waals surface area contributed by atoms with Gasteiger partial charge in [0, 0.05) is 43.2 Å². The normalized spacial score (nSPS) is 14.2. The molecule has 0 unspecified atom stereocenters. The summed E-state index contributed by atoms with van der Waals surface area (Å²) in [4.78, 5) is 31.6. The van der Waals surface area contributed by atoms with Gasteiger partial charge < -0.3 is 15.4 Å². The SMILES string of the molecule is CC(=O)Nc1ccc(-c2cc(C(=O)NCCCN3CCOCC3)c3cc(C)ccc3n2)cc1. The van der Waals surface area contributed by atoms with Gasteiger partial charge in [-0.15, -0.1) is 0 Å². The predicted molar refractivity (Wildman–Crippen MR) is 130 cm³/mol. The minimum Gasteiger partial charge on any atom is -0.379 e. The second kappa shape index (κ2) is 10.6. The Labute approximate surface area is 194 Å². The Morgan fingerprint density at radius 1 is 1.06 bits per heavy atom. The number of pyridine rings is 1. The summed E-state index contributed by atoms with van der Waals surface area (Å²) < 4.78 is 5.39. The monoisotopic (exact) mass is 446 g/mol. The highest BCUT2D eigenvalue weighted by Crippen LogP contribution is 2.27. The van der Waals surface area contributed by atoms with Gasteiger partial charge in [0.25, 0.3) is 5.91 Å². The molecule has 0 spiro atoms. The van der Waals surface area contributed by atoms with Crippen molar-refractivity contribution in [2.75, 3.05) is 44.7 Å². The van der Waals surface area contributed by atoms with Gasteiger partial charge >= 0.3 is 0 Å². The van der Waals surface area contributed by atoms with E-state index in [0.717, 1.165) is 72.7 Å². The lowest BCUT2D eigenvalue weighted by atomic mass is 10.0. The Kier molecular flexibility index (Phi) is 7.32. The van der Waals surface area contributed by atoms with Gasteiger partial charge in [0.1, 0.15) is 0 Å². The van der Waals surface area contributed by atoms with Crippen LogP contribution in [0.5, 0.6) is 0 Å². The van der Waals surface area contributed by atoms with Crippen molar-refractivity contribution in [1.29, 1.82) is 0 Å². The van der Waals surface area contributed by atoms with Gasteiger partial charge in [-0.1, -0.05) is 23.8 Å². The molecule has 4 rings (SSSR count). The van der Waals surface area contributed by atoms with E-state index in [1.54, 1.807) is 0 Å². The van der Waals surface area contributed by atoms with Gasteiger partial charge in [-0.25, -0.2) is 4.98 Å². The number of anilines is 1. The molecule has 172 valence electrons. The largest absolute Gasteiger partial charge is 0.379 e. The molecule has 0 saturated carbocycles. The molecule has 2 aromatic carbocycles. The quantitative estimate of drug-likeness (QED) is 0.542. The van der Waals surface area contributed by atoms with E-state index in [0.29, 0.717) is 12.1 Å². The van der Waals surface area contributed by atoms with Crippen molar-refractivity contribution in [3.05, 3.63) is 59.7 Å². The fraction of sp³-hybridized carbons (Fsp3) is 0.346. The van der Waals surface area contributed by atoms with E-state index in [4.69, 9.17) is 9.72 Å². The Balaban J connectivity index is 1.53. The van der Waals surface area contributed by atoms with E-state index in [2.05, 4.69) is 15.5 Å². The Morgan fingerprint density at radius 2 is 1.82 bits per heavy atom. The van der Waals surface area contributed by atoms with Gasteiger partial charge in [0.2, 0.25) is 5.91 Å². The number of nitrogens with zero attached hydrogens (tertiary/aromatic N) is 2. The van der Waals surface area contributed by atoms with Crippen molar-refractivity contribution >= 4 is 28.4 Å². The molecule has 3 aromatic rings. The summed E-state index contributed by atoms with van der Waals surface area (Å²) in [6.45, 7) is 8.52. The number of morpholine rings is 1. The minimum absolute atomic E-state index is 0.0916. The maximum absolute atomic E-state index is 13.2. The van der Waals surface area contributed by atoms with E-state index in [1.807, 2.05) is 55.5 Å². The molecule has 1 aliphatic rings. The third-order valence-corrected chi connectivity index (χ3v) is 5.75. The predicted octanol–water partition coefficient (Wildman–Crippen LogP) is 3.62. The lowest BCUT2D eigenvalue weighted by Gasteiger charge is -2.26. The molecule has 7 nitrogen and oxygen atoms in total. The van der Waals surface area contributed by atoms with Crippen molar-refractivity contribution in [3.63, 3.8) is 0 Å². The van der Waals surface area contributed by atoms with Crippen molar-refractivity contribution < 1.29 is 14.3 Å². The molecule has 1 saturated heterocycles. The van der Waals surface area contributed by atoms with E-state index in [1.165, 1.54) is 6.92 Å². The zero-order valence-electron chi connectivity index (χ0n) is 19.2. The van der Waals surface area contributed by atoms with Crippen LogP contribution in [0.25, 0.3) is 22.2 Å². The maximum atomic E-state index is 13.2. The number of benzene rings is 2. The average Bonchev–Trinajstić information content (AvgIpc) is 2.82. The van der Waals surface area contributed by atoms with Crippen LogP contribution in [0.3, 0.4) is 0 Å². The lowest BCUT2D eigenvalue weighted by Crippen LogP contribution is -2.38. The number of rotatable bonds is 7. The molecular formula is C26H30N4O3. The summed E-state index contributed by atoms with van der Waals surface area (Å²) in [5, 5.41) is 6.70. The first kappa shape index (κ1) is 22.9. The van der Waals surface area contributed by atoms with Gasteiger partial charge in [-0.3, -0.25) is 14.5 Å². The van der Waals surface area contributed by atoms with Crippen molar-refractivity contribution in [3.8, 4) is 11.3 Å². The first-order chi connectivity index (χ1) is 16.0. The van der Waals surface area contributed by atoms with Crippen LogP contribution in [0.4, 0.5) is 5.69 Å². The van der Waals surface area contributed by atoms with Crippen LogP contribution >= 0.6 is 0 Å². The van der Waals surface area contributed by atoms with Gasteiger partial charge in [0.05, 0.1) is 30.0 Å². The van der Waals surface area contributed by atoms with Crippen molar-refractivity contribution in [2.45, 2.75) is 20.3 Å². The topological polar surface area (TPSA) is 83.6 Å². The second-order valence-electron chi connectivity index (χ2n) is 8.40. The fourth-order valence-corrected chi connectivity index (χ4v) is 4.03. The number of aryl methyl sites for hydroxylation is 1. The van der Waals surface area contributed by atoms with Crippen LogP contribution in [0.2, 0.25) is 0 Å². The minimum atomic E-state index is -0.116. The number of aromatic nitrogens is 1. The molecule has 1 aliphatic heterocycles. The number of nitrogens with one attached hydrogen (secondary N) is 2. The van der Waals surface area contributed by atoms with Crippen LogP contribution in [0.15, 0.2) is 48.5 Å². The van der Waals surface area contributed by atoms with E-state index < -0.39 is 0 Å². The summed E-state index contributed by atoms with van der Waals surface area (Å²) >= 11 is 0. The summed E-state index contributed by atoms with van der Waals surface area (Å²) in [7, 11) is 0. The number of carbonyl (C=O) groups excluding carboxylic acids is 2. The van der Waals surface area contributed by atoms with Crippen LogP contribution < -0.4 is 10.6 Å². The van der Waals surface area contributed by atoms with Crippen LogP contribution in [-0.2, 0) is 9.53 Å². The Bertz CT molecular complexity index is 1140. The molecule has 2 heterocycles. The number of carbonyl (C=O) groups is 2. The number of hydrogen-bond acceptors (Lipinski definition) is 5. The number of hydrogen-bond donors (Lipinski definition) is 2. The summed E-state index contributed by atoms with van der Waals surface area (Å²) in [6, 6.07) is 15.3. The molecule has 33 heavy (non-hydrogen) atoms. The van der Waals surface area contributed by atoms with Crippen LogP contribution in [0.1, 0.15) is 29.3 Å². The number of amides is 2. The van der Waals surface area contributed by atoms with Gasteiger partial charge in [-0.2, -0.15) is 0 Å². The second-order valence-corrected chi connectivity index (χ2v) is 8.40. The average molecular weight is 447 g/mol. The molecule has 1 fully saturated rings. The molecule has 0 aliphatic carbocycles. The third kappa shape index (κ3) is 5.94. The highest BCUT2D eigenvalue weighted by molar-refractivity contribution is 6.07. The van der Waals surface area contributed by atoms with Crippen LogP contribution in [0, 0.1) is 6.92 Å². The third-order valence-electron chi connectivity index (χ3n) is 5.75. The molecule has 1 aromatic heterocycles. The Morgan fingerprint density at radius 3 is 2.55 bits per heavy atom. The first-order valence-electron chi connectivity index (χ1n) is 11.4. The van der Waals surface area contributed by atoms with E-state index in [-0.39, 0.29) is 11.8 Å². The summed E-state index contributed by atoms with van der Waals surface area (Å²) in [5.74, 6) is -0.208.